The molecule has 0 aromatic heterocycles. The van der Waals surface area contributed by atoms with Crippen LogP contribution in [0.2, 0.25) is 0 Å². The average molecular weight is 193 g/mol. The minimum absolute atomic E-state index is 0.161. The van der Waals surface area contributed by atoms with Gasteiger partial charge in [-0.1, -0.05) is 19.3 Å². The number of hydrogen-bond donors (Lipinski definition) is 1. The molecule has 0 aliphatic heterocycles. The van der Waals surface area contributed by atoms with Crippen molar-refractivity contribution in [3.63, 3.8) is 0 Å². The van der Waals surface area contributed by atoms with Gasteiger partial charge in [0.05, 0.1) is 0 Å². The molecule has 1 fully saturated rings. The van der Waals surface area contributed by atoms with Crippen LogP contribution < -0.4 is 5.73 Å². The molecule has 1 saturated carbocycles. The zero-order chi connectivity index (χ0) is 10.1. The van der Waals surface area contributed by atoms with E-state index in [1.54, 1.807) is 6.07 Å². The van der Waals surface area contributed by atoms with Gasteiger partial charge >= 0.3 is 0 Å². The first kappa shape index (κ1) is 9.50. The maximum absolute atomic E-state index is 13.1. The molecule has 0 amide bonds. The quantitative estimate of drug-likeness (QED) is 0.718. The van der Waals surface area contributed by atoms with Crippen molar-refractivity contribution in [2.75, 3.05) is 5.73 Å². The Bertz CT molecular complexity index is 342. The third-order valence-corrected chi connectivity index (χ3v) is 3.17. The summed E-state index contributed by atoms with van der Waals surface area (Å²) in [5.41, 5.74) is 8.54. The van der Waals surface area contributed by atoms with Crippen molar-refractivity contribution in [2.45, 2.75) is 32.6 Å². The fraction of sp³-hybridized carbons (Fsp3) is 0.500. The Hall–Kier alpha value is -1.05. The highest BCUT2D eigenvalue weighted by atomic mass is 19.1. The number of benzene rings is 1. The molecule has 0 bridgehead atoms. The second-order valence-electron chi connectivity index (χ2n) is 4.30. The lowest BCUT2D eigenvalue weighted by atomic mass is 9.80. The first-order valence-corrected chi connectivity index (χ1v) is 5.21. The van der Waals surface area contributed by atoms with Crippen LogP contribution in [-0.4, -0.2) is 0 Å². The molecule has 1 aromatic carbocycles. The lowest BCUT2D eigenvalue weighted by molar-refractivity contribution is 0.314. The third-order valence-electron chi connectivity index (χ3n) is 3.17. The molecule has 1 nitrogen and oxygen atoms in total. The summed E-state index contributed by atoms with van der Waals surface area (Å²) in [6, 6.07) is 3.08. The van der Waals surface area contributed by atoms with Crippen LogP contribution in [0.25, 0.3) is 0 Å². The number of rotatable bonds is 2. The van der Waals surface area contributed by atoms with E-state index in [2.05, 4.69) is 0 Å². The minimum Gasteiger partial charge on any atom is -0.398 e. The molecule has 1 aliphatic carbocycles. The largest absolute Gasteiger partial charge is 0.398 e. The monoisotopic (exact) mass is 193 g/mol. The molecule has 0 unspecified atom stereocenters. The Labute approximate surface area is 84.1 Å². The summed E-state index contributed by atoms with van der Waals surface area (Å²) in [7, 11) is 0. The number of halogens is 1. The molecule has 14 heavy (non-hydrogen) atoms. The lowest BCUT2D eigenvalue weighted by Gasteiger charge is -2.26. The van der Waals surface area contributed by atoms with Crippen molar-refractivity contribution >= 4 is 5.69 Å². The summed E-state index contributed by atoms with van der Waals surface area (Å²) in [6.45, 7) is 1.86. The second kappa shape index (κ2) is 3.60. The maximum atomic E-state index is 13.1. The number of nitrogen functional groups attached to an aromatic ring is 1. The number of aryl methyl sites for hydroxylation is 1. The normalized spacial score (nSPS) is 16.7. The topological polar surface area (TPSA) is 26.0 Å². The summed E-state index contributed by atoms with van der Waals surface area (Å²) in [5.74, 6) is 0.574. The van der Waals surface area contributed by atoms with Gasteiger partial charge in [0.2, 0.25) is 0 Å². The van der Waals surface area contributed by atoms with Crippen molar-refractivity contribution in [1.29, 1.82) is 0 Å². The van der Waals surface area contributed by atoms with Crippen LogP contribution in [0.4, 0.5) is 10.1 Å². The van der Waals surface area contributed by atoms with Gasteiger partial charge in [0, 0.05) is 5.69 Å². The number of nitrogens with two attached hydrogens (primary N) is 1. The van der Waals surface area contributed by atoms with E-state index in [9.17, 15) is 4.39 Å². The van der Waals surface area contributed by atoms with E-state index in [-0.39, 0.29) is 5.82 Å². The Morgan fingerprint density at radius 1 is 1.43 bits per heavy atom. The molecular weight excluding hydrogens is 177 g/mol. The summed E-state index contributed by atoms with van der Waals surface area (Å²) in [4.78, 5) is 0. The predicted molar refractivity (Wildman–Crippen MR) is 56.6 cm³/mol. The molecule has 0 heterocycles. The second-order valence-corrected chi connectivity index (χ2v) is 4.30. The summed E-state index contributed by atoms with van der Waals surface area (Å²) in [5, 5.41) is 0. The molecule has 1 aliphatic rings. The van der Waals surface area contributed by atoms with E-state index < -0.39 is 0 Å². The zero-order valence-electron chi connectivity index (χ0n) is 8.52. The van der Waals surface area contributed by atoms with Crippen LogP contribution in [0.15, 0.2) is 12.1 Å². The Morgan fingerprint density at radius 3 is 2.71 bits per heavy atom. The molecule has 0 radical (unpaired) electrons. The highest BCUT2D eigenvalue weighted by Crippen LogP contribution is 2.32. The van der Waals surface area contributed by atoms with Crippen LogP contribution in [0.3, 0.4) is 0 Å². The fourth-order valence-electron chi connectivity index (χ4n) is 2.00. The van der Waals surface area contributed by atoms with E-state index in [0.29, 0.717) is 0 Å². The molecule has 2 N–H and O–H groups in total. The third kappa shape index (κ3) is 1.74. The highest BCUT2D eigenvalue weighted by molar-refractivity contribution is 5.53. The van der Waals surface area contributed by atoms with Gasteiger partial charge in [0.1, 0.15) is 5.82 Å². The van der Waals surface area contributed by atoms with Gasteiger partial charge in [0.15, 0.2) is 0 Å². The average Bonchev–Trinajstić information content (AvgIpc) is 2.05. The van der Waals surface area contributed by atoms with Crippen LogP contribution in [0.5, 0.6) is 0 Å². The van der Waals surface area contributed by atoms with Gasteiger partial charge < -0.3 is 5.73 Å². The first-order valence-electron chi connectivity index (χ1n) is 5.21. The predicted octanol–water partition coefficient (Wildman–Crippen LogP) is 3.06. The van der Waals surface area contributed by atoms with E-state index in [1.807, 2.05) is 6.92 Å². The van der Waals surface area contributed by atoms with E-state index >= 15 is 0 Å². The maximum Gasteiger partial charge on any atom is 0.123 e. The van der Waals surface area contributed by atoms with Crippen molar-refractivity contribution in [3.05, 3.63) is 29.1 Å². The molecular formula is C12H16FN. The standard InChI is InChI=1S/C12H16FN/c1-8-5-11(13)7-10(12(8)14)6-9-3-2-4-9/h5,7,9H,2-4,6,14H2,1H3. The fourth-order valence-corrected chi connectivity index (χ4v) is 2.00. The van der Waals surface area contributed by atoms with Gasteiger partial charge in [-0.2, -0.15) is 0 Å². The zero-order valence-corrected chi connectivity index (χ0v) is 8.52. The van der Waals surface area contributed by atoms with E-state index in [1.165, 1.54) is 25.3 Å². The lowest BCUT2D eigenvalue weighted by Crippen LogP contribution is -2.15. The summed E-state index contributed by atoms with van der Waals surface area (Å²) in [6.07, 6.45) is 4.81. The van der Waals surface area contributed by atoms with Crippen molar-refractivity contribution in [2.24, 2.45) is 5.92 Å². The van der Waals surface area contributed by atoms with Gasteiger partial charge in [-0.25, -0.2) is 4.39 Å². The Morgan fingerprint density at radius 2 is 2.14 bits per heavy atom. The van der Waals surface area contributed by atoms with Crippen LogP contribution >= 0.6 is 0 Å². The van der Waals surface area contributed by atoms with Crippen molar-refractivity contribution in [1.82, 2.24) is 0 Å². The van der Waals surface area contributed by atoms with Crippen LogP contribution in [0.1, 0.15) is 30.4 Å². The van der Waals surface area contributed by atoms with E-state index in [0.717, 1.165) is 29.2 Å². The van der Waals surface area contributed by atoms with Crippen LogP contribution in [0, 0.1) is 18.7 Å². The molecule has 2 heteroatoms. The van der Waals surface area contributed by atoms with Crippen molar-refractivity contribution in [3.8, 4) is 0 Å². The molecule has 0 spiro atoms. The Balaban J connectivity index is 2.22. The molecule has 1 aromatic rings. The van der Waals surface area contributed by atoms with E-state index in [4.69, 9.17) is 5.73 Å². The summed E-state index contributed by atoms with van der Waals surface area (Å²) >= 11 is 0. The van der Waals surface area contributed by atoms with Gasteiger partial charge in [-0.05, 0) is 42.5 Å². The van der Waals surface area contributed by atoms with Crippen molar-refractivity contribution < 1.29 is 4.39 Å². The molecule has 2 rings (SSSR count). The van der Waals surface area contributed by atoms with Gasteiger partial charge in [0.25, 0.3) is 0 Å². The summed E-state index contributed by atoms with van der Waals surface area (Å²) < 4.78 is 13.1. The highest BCUT2D eigenvalue weighted by Gasteiger charge is 2.19. The SMILES string of the molecule is Cc1cc(F)cc(CC2CCC2)c1N. The van der Waals surface area contributed by atoms with Gasteiger partial charge in [-0.3, -0.25) is 0 Å². The smallest absolute Gasteiger partial charge is 0.123 e. The number of anilines is 1. The molecule has 76 valence electrons. The minimum atomic E-state index is -0.161. The molecule has 0 saturated heterocycles. The molecule has 0 atom stereocenters. The first-order chi connectivity index (χ1) is 6.66. The Kier molecular flexibility index (Phi) is 2.44. The van der Waals surface area contributed by atoms with Crippen LogP contribution in [-0.2, 0) is 6.42 Å². The number of hydrogen-bond acceptors (Lipinski definition) is 1. The van der Waals surface area contributed by atoms with Gasteiger partial charge in [-0.15, -0.1) is 0 Å².